The molecule has 0 bridgehead atoms. The van der Waals surface area contributed by atoms with Crippen molar-refractivity contribution in [2.75, 3.05) is 18.2 Å². The van der Waals surface area contributed by atoms with Crippen LogP contribution in [-0.2, 0) is 19.4 Å². The third-order valence-electron chi connectivity index (χ3n) is 4.51. The predicted molar refractivity (Wildman–Crippen MR) is 120 cm³/mol. The molecule has 7 nitrogen and oxygen atoms in total. The zero-order chi connectivity index (χ0) is 23.1. The fourth-order valence-corrected chi connectivity index (χ4v) is 3.65. The maximum atomic E-state index is 13.1. The van der Waals surface area contributed by atoms with Crippen LogP contribution >= 0.6 is 0 Å². The summed E-state index contributed by atoms with van der Waals surface area (Å²) in [5.41, 5.74) is 0.929. The average Bonchev–Trinajstić information content (AvgIpc) is 2.79. The van der Waals surface area contributed by atoms with Gasteiger partial charge in [0.2, 0.25) is 6.10 Å². The number of carbonyl (C=O) groups is 2. The van der Waals surface area contributed by atoms with Gasteiger partial charge in [0, 0.05) is 11.8 Å². The van der Waals surface area contributed by atoms with E-state index in [1.54, 1.807) is 54.6 Å². The number of ether oxygens (including phenoxy) is 2. The van der Waals surface area contributed by atoms with Gasteiger partial charge < -0.3 is 14.8 Å². The third-order valence-corrected chi connectivity index (χ3v) is 5.62. The lowest BCUT2D eigenvalue weighted by Gasteiger charge is -2.19. The van der Waals surface area contributed by atoms with Crippen LogP contribution in [0.3, 0.4) is 0 Å². The maximum Gasteiger partial charge on any atom is 0.339 e. The summed E-state index contributed by atoms with van der Waals surface area (Å²) in [5, 5.41) is 2.75. The van der Waals surface area contributed by atoms with Gasteiger partial charge in [-0.05, 0) is 37.3 Å². The van der Waals surface area contributed by atoms with E-state index in [1.165, 1.54) is 24.3 Å². The van der Waals surface area contributed by atoms with E-state index in [-0.39, 0.29) is 10.5 Å². The number of para-hydroxylation sites is 2. The summed E-state index contributed by atoms with van der Waals surface area (Å²) in [6, 6.07) is 21.0. The Kier molecular flexibility index (Phi) is 7.27. The van der Waals surface area contributed by atoms with Crippen molar-refractivity contribution in [3.8, 4) is 5.75 Å². The molecule has 3 aromatic carbocycles. The van der Waals surface area contributed by atoms with Crippen LogP contribution < -0.4 is 10.1 Å². The Morgan fingerprint density at radius 3 is 2.31 bits per heavy atom. The highest BCUT2D eigenvalue weighted by atomic mass is 32.2. The van der Waals surface area contributed by atoms with E-state index in [2.05, 4.69) is 5.32 Å². The zero-order valence-corrected chi connectivity index (χ0v) is 18.5. The van der Waals surface area contributed by atoms with Crippen molar-refractivity contribution < 1.29 is 27.5 Å². The number of nitrogens with one attached hydrogen (secondary N) is 1. The van der Waals surface area contributed by atoms with Gasteiger partial charge in [-0.2, -0.15) is 0 Å². The maximum absolute atomic E-state index is 13.1. The smallest absolute Gasteiger partial charge is 0.339 e. The van der Waals surface area contributed by atoms with Crippen molar-refractivity contribution in [1.82, 2.24) is 0 Å². The summed E-state index contributed by atoms with van der Waals surface area (Å²) in [7, 11) is -3.51. The molecule has 0 saturated carbocycles. The molecule has 1 amide bonds. The minimum absolute atomic E-state index is 0.0155. The second-order valence-electron chi connectivity index (χ2n) is 6.91. The van der Waals surface area contributed by atoms with Crippen LogP contribution in [0.15, 0.2) is 83.8 Å². The fraction of sp³-hybridized carbons (Fsp3) is 0.167. The van der Waals surface area contributed by atoms with Gasteiger partial charge in [-0.15, -0.1) is 0 Å². The molecule has 0 unspecified atom stereocenters. The number of benzene rings is 3. The molecule has 0 aliphatic carbocycles. The molecule has 1 N–H and O–H groups in total. The van der Waals surface area contributed by atoms with Crippen LogP contribution in [0.1, 0.15) is 28.9 Å². The van der Waals surface area contributed by atoms with Crippen LogP contribution in [0.4, 0.5) is 5.69 Å². The summed E-state index contributed by atoms with van der Waals surface area (Å²) >= 11 is 0. The molecule has 0 spiro atoms. The summed E-state index contributed by atoms with van der Waals surface area (Å²) in [5.74, 6) is -0.907. The average molecular weight is 454 g/mol. The van der Waals surface area contributed by atoms with Gasteiger partial charge in [0.1, 0.15) is 5.75 Å². The van der Waals surface area contributed by atoms with E-state index in [1.807, 2.05) is 6.92 Å². The predicted octanol–water partition coefficient (Wildman–Crippen LogP) is 4.03. The van der Waals surface area contributed by atoms with Gasteiger partial charge in [-0.3, -0.25) is 4.79 Å². The number of hydrogen-bond acceptors (Lipinski definition) is 6. The number of esters is 1. The molecule has 3 rings (SSSR count). The molecule has 166 valence electrons. The molecule has 0 aromatic heterocycles. The number of rotatable bonds is 8. The first-order valence-corrected chi connectivity index (χ1v) is 11.8. The first-order chi connectivity index (χ1) is 15.3. The Bertz CT molecular complexity index is 1210. The van der Waals surface area contributed by atoms with Crippen molar-refractivity contribution in [2.24, 2.45) is 0 Å². The highest BCUT2D eigenvalue weighted by Gasteiger charge is 2.27. The Hall–Kier alpha value is -3.65. The first-order valence-electron chi connectivity index (χ1n) is 9.88. The number of anilines is 1. The van der Waals surface area contributed by atoms with Crippen LogP contribution in [-0.4, -0.2) is 33.2 Å². The quantitative estimate of drug-likeness (QED) is 0.517. The van der Waals surface area contributed by atoms with Gasteiger partial charge in [-0.25, -0.2) is 13.2 Å². The van der Waals surface area contributed by atoms with E-state index in [4.69, 9.17) is 9.47 Å². The van der Waals surface area contributed by atoms with E-state index < -0.39 is 27.8 Å². The van der Waals surface area contributed by atoms with E-state index >= 15 is 0 Å². The summed E-state index contributed by atoms with van der Waals surface area (Å²) in [6.07, 6.45) is -0.215. The number of amides is 1. The molecule has 0 fully saturated rings. The van der Waals surface area contributed by atoms with Crippen LogP contribution in [0.25, 0.3) is 0 Å². The van der Waals surface area contributed by atoms with Crippen LogP contribution in [0.2, 0.25) is 0 Å². The molecular weight excluding hydrogens is 430 g/mol. The van der Waals surface area contributed by atoms with Gasteiger partial charge in [0.15, 0.2) is 9.84 Å². The highest BCUT2D eigenvalue weighted by Crippen LogP contribution is 2.27. The highest BCUT2D eigenvalue weighted by molar-refractivity contribution is 7.90. The molecule has 0 radical (unpaired) electrons. The second kappa shape index (κ2) is 10.1. The molecule has 0 aliphatic heterocycles. The molecule has 1 atom stereocenters. The molecule has 0 heterocycles. The van der Waals surface area contributed by atoms with Crippen molar-refractivity contribution in [3.05, 3.63) is 90.0 Å². The van der Waals surface area contributed by atoms with Gasteiger partial charge in [-0.1, -0.05) is 48.5 Å². The van der Waals surface area contributed by atoms with Crippen molar-refractivity contribution in [3.63, 3.8) is 0 Å². The lowest BCUT2D eigenvalue weighted by molar-refractivity contribution is -0.125. The Labute approximate surface area is 186 Å². The molecular formula is C24H23NO6S. The standard InChI is InChI=1S/C24H23NO6S/c1-3-30-21-15-8-7-14-20(21)25-23(26)22(17-10-5-4-6-11-17)31-24(27)18-12-9-13-19(16-18)32(2,28)29/h4-16,22H,3H2,1-2H3,(H,25,26)/t22-/m1/s1. The van der Waals surface area contributed by atoms with Gasteiger partial charge in [0.05, 0.1) is 22.8 Å². The molecule has 3 aromatic rings. The van der Waals surface area contributed by atoms with Crippen LogP contribution in [0, 0.1) is 0 Å². The summed E-state index contributed by atoms with van der Waals surface area (Å²) in [4.78, 5) is 25.9. The molecule has 8 heteroatoms. The lowest BCUT2D eigenvalue weighted by atomic mass is 10.1. The second-order valence-corrected chi connectivity index (χ2v) is 8.93. The Balaban J connectivity index is 1.89. The van der Waals surface area contributed by atoms with Crippen molar-refractivity contribution in [1.29, 1.82) is 0 Å². The number of sulfone groups is 1. The van der Waals surface area contributed by atoms with Crippen molar-refractivity contribution >= 4 is 27.4 Å². The minimum atomic E-state index is -3.51. The lowest BCUT2D eigenvalue weighted by Crippen LogP contribution is -2.26. The van der Waals surface area contributed by atoms with Crippen molar-refractivity contribution in [2.45, 2.75) is 17.9 Å². The monoisotopic (exact) mass is 453 g/mol. The minimum Gasteiger partial charge on any atom is -0.492 e. The summed E-state index contributed by atoms with van der Waals surface area (Å²) < 4.78 is 34.7. The van der Waals surface area contributed by atoms with E-state index in [9.17, 15) is 18.0 Å². The SMILES string of the molecule is CCOc1ccccc1NC(=O)[C@H](OC(=O)c1cccc(S(C)(=O)=O)c1)c1ccccc1. The topological polar surface area (TPSA) is 98.8 Å². The van der Waals surface area contributed by atoms with E-state index in [0.29, 0.717) is 23.6 Å². The largest absolute Gasteiger partial charge is 0.492 e. The first kappa shape index (κ1) is 23.0. The van der Waals surface area contributed by atoms with E-state index in [0.717, 1.165) is 6.26 Å². The number of hydrogen-bond donors (Lipinski definition) is 1. The third kappa shape index (κ3) is 5.73. The zero-order valence-electron chi connectivity index (χ0n) is 17.6. The Morgan fingerprint density at radius 1 is 0.938 bits per heavy atom. The van der Waals surface area contributed by atoms with Gasteiger partial charge in [0.25, 0.3) is 5.91 Å². The fourth-order valence-electron chi connectivity index (χ4n) is 2.98. The molecule has 32 heavy (non-hydrogen) atoms. The Morgan fingerprint density at radius 2 is 1.62 bits per heavy atom. The number of carbonyl (C=O) groups excluding carboxylic acids is 2. The summed E-state index contributed by atoms with van der Waals surface area (Å²) in [6.45, 7) is 2.25. The van der Waals surface area contributed by atoms with Gasteiger partial charge >= 0.3 is 5.97 Å². The molecule has 0 aliphatic rings. The molecule has 0 saturated heterocycles. The normalized spacial score (nSPS) is 11.9. The van der Waals surface area contributed by atoms with Crippen LogP contribution in [0.5, 0.6) is 5.75 Å².